The number of halogens is 10. The van der Waals surface area contributed by atoms with Crippen molar-refractivity contribution in [3.63, 3.8) is 0 Å². The van der Waals surface area contributed by atoms with E-state index in [4.69, 9.17) is 14.2 Å². The van der Waals surface area contributed by atoms with Crippen molar-refractivity contribution < 1.29 is 104 Å². The number of carboxylic acid groups (broad SMARTS) is 6. The fraction of sp³-hybridized carbons (Fsp3) is 0.0909. The Kier molecular flexibility index (Phi) is 32.1. The molecule has 3 unspecified atom stereocenters. The molecule has 0 bridgehead atoms. The van der Waals surface area contributed by atoms with Gasteiger partial charge in [0.1, 0.15) is 56.2 Å². The van der Waals surface area contributed by atoms with Gasteiger partial charge in [0, 0.05) is 61.3 Å². The van der Waals surface area contributed by atoms with Crippen LogP contribution in [-0.4, -0.2) is 117 Å². The molecule has 15 aromatic carbocycles. The summed E-state index contributed by atoms with van der Waals surface area (Å²) >= 11 is 29.9. The van der Waals surface area contributed by atoms with Gasteiger partial charge in [-0.25, -0.2) is 28.8 Å². The number of carbonyl (C=O) groups is 6. The summed E-state index contributed by atoms with van der Waals surface area (Å²) in [5.74, 6) is -3.10. The van der Waals surface area contributed by atoms with E-state index in [2.05, 4.69) is 179 Å². The third-order valence-electron chi connectivity index (χ3n) is 21.6. The number of phenolic OH excluding ortho intramolecular Hbond substituents is 6. The van der Waals surface area contributed by atoms with Crippen LogP contribution in [0.15, 0.2) is 280 Å². The molecule has 0 aromatic heterocycles. The van der Waals surface area contributed by atoms with Gasteiger partial charge in [0.15, 0.2) is 0 Å². The zero-order valence-electron chi connectivity index (χ0n) is 67.0. The summed E-state index contributed by atoms with van der Waals surface area (Å²) < 4.78 is 23.1. The molecular weight excluding hydrogens is 2470 g/mol. The minimum Gasteiger partial charge on any atom is -0.508 e. The standard InChI is InChI=1S/C17H9Br3O3.C17H10Br2O3.C17H11IO3.C16H12Br2O4.C16H12I2O4.C16H14O4/c18-12-6-5-9-11(7-13(19)16(21)15(9)20)14(12)8-3-1-2-4-10(8)17(22)23;18-14-8-13-10(6-3-7-11(13)15(19)16(14)20)9-4-1-2-5-12(9)17(21)22;18-16-13-7-3-6-10(12(13)8-9-15(16)19)11-4-1-2-5-14(11)17(20)21;2*17-12-7-11-9(5-6-22-15(11)13(18)14(12)19)8-3-1-2-4-10(8)16(20)21;17-10-5-6-13-12(7-8-20-15(13)9-10)11-3-1-2-4-14(11)16(18)19/h1-7,21H,(H,22,23);1-8,20H,(H,21,22);1-9,19H,(H,20,21);2*1-4,7,9,19H,5-6H2,(H,20,21);1-6,9,12,17H,7-8H2,(H,18,19). The summed E-state index contributed by atoms with van der Waals surface area (Å²) in [6.45, 7) is 1.47. The maximum atomic E-state index is 11.6. The maximum Gasteiger partial charge on any atom is 0.336 e. The number of ether oxygens (including phenoxy) is 3. The van der Waals surface area contributed by atoms with Crippen LogP contribution in [0.2, 0.25) is 0 Å². The van der Waals surface area contributed by atoms with Gasteiger partial charge < -0.3 is 75.5 Å². The Morgan fingerprint density at radius 3 is 1.16 bits per heavy atom. The second kappa shape index (κ2) is 42.9. The van der Waals surface area contributed by atoms with Crippen molar-refractivity contribution in [3.8, 4) is 85.1 Å². The SMILES string of the molecule is O=C(O)c1ccccc1-c1c(Br)ccc2c(Br)c(O)c(Br)cc12.O=C(O)c1ccccc1-c1cccc2c(Br)c(O)c(Br)cc12.O=C(O)c1ccccc1-c1cccc2c(I)c(O)ccc12.O=C(O)c1ccccc1C1CCOc2c1cc(Br)c(O)c2Br.O=C(O)c1ccccc1C1CCOc2c1cc(I)c(O)c2I.O=C(O)c1ccccc1C1CCOc2cc(O)ccc21. The molecule has 0 spiro atoms. The number of carboxylic acids is 6. The van der Waals surface area contributed by atoms with Crippen LogP contribution in [0.25, 0.3) is 65.7 Å². The first-order chi connectivity index (χ1) is 62.2. The van der Waals surface area contributed by atoms with Crippen molar-refractivity contribution in [2.75, 3.05) is 19.8 Å². The Morgan fingerprint density at radius 1 is 0.285 bits per heavy atom. The van der Waals surface area contributed by atoms with Crippen LogP contribution in [0.3, 0.4) is 0 Å². The van der Waals surface area contributed by atoms with E-state index in [1.54, 1.807) is 140 Å². The van der Waals surface area contributed by atoms with Gasteiger partial charge in [-0.2, -0.15) is 0 Å². The number of hydrogen-bond acceptors (Lipinski definition) is 15. The zero-order chi connectivity index (χ0) is 93.4. The summed E-state index contributed by atoms with van der Waals surface area (Å²) in [5.41, 5.74) is 11.1. The number of rotatable bonds is 12. The summed E-state index contributed by atoms with van der Waals surface area (Å²) in [7, 11) is 0. The lowest BCUT2D eigenvalue weighted by molar-refractivity contribution is 0.0684. The van der Waals surface area contributed by atoms with Crippen molar-refractivity contribution in [3.05, 3.63) is 358 Å². The molecule has 18 rings (SSSR count). The van der Waals surface area contributed by atoms with E-state index in [0.717, 1.165) is 100 Å². The van der Waals surface area contributed by atoms with E-state index in [-0.39, 0.29) is 68.9 Å². The fourth-order valence-corrected chi connectivity index (χ4v) is 22.5. The number of fused-ring (bicyclic) bond motifs is 6. The molecule has 3 heterocycles. The highest BCUT2D eigenvalue weighted by Crippen LogP contribution is 2.52. The van der Waals surface area contributed by atoms with Crippen LogP contribution >= 0.6 is 179 Å². The molecule has 31 heteroatoms. The number of aromatic hydroxyl groups is 6. The van der Waals surface area contributed by atoms with E-state index in [1.807, 2.05) is 109 Å². The minimum absolute atomic E-state index is 0.0216. The smallest absolute Gasteiger partial charge is 0.336 e. The first-order valence-corrected chi connectivity index (χ1v) is 47.8. The average molecular weight is 2530 g/mol. The normalized spacial score (nSPS) is 13.8. The van der Waals surface area contributed by atoms with Gasteiger partial charge in [-0.3, -0.25) is 0 Å². The van der Waals surface area contributed by atoms with Gasteiger partial charge in [0.25, 0.3) is 0 Å². The number of phenols is 6. The molecular formula is C99H68Br7I3O21. The highest BCUT2D eigenvalue weighted by molar-refractivity contribution is 14.1. The Labute approximate surface area is 841 Å². The van der Waals surface area contributed by atoms with Crippen molar-refractivity contribution in [2.24, 2.45) is 0 Å². The summed E-state index contributed by atoms with van der Waals surface area (Å²) in [5, 5.41) is 121. The summed E-state index contributed by atoms with van der Waals surface area (Å²) in [6.07, 6.45) is 2.12. The van der Waals surface area contributed by atoms with Gasteiger partial charge in [0.05, 0.1) is 86.3 Å². The molecule has 3 aliphatic rings. The Hall–Kier alpha value is -10.4. The van der Waals surface area contributed by atoms with Crippen molar-refractivity contribution >= 4 is 247 Å². The molecule has 3 atom stereocenters. The lowest BCUT2D eigenvalue weighted by Gasteiger charge is -2.28. The van der Waals surface area contributed by atoms with Crippen LogP contribution in [0.1, 0.15) is 133 Å². The van der Waals surface area contributed by atoms with E-state index >= 15 is 0 Å². The Balaban J connectivity index is 0.000000133. The molecule has 130 heavy (non-hydrogen) atoms. The Bertz CT molecular complexity index is 6910. The van der Waals surface area contributed by atoms with Crippen LogP contribution in [0.4, 0.5) is 0 Å². The molecule has 15 aromatic rings. The second-order valence-electron chi connectivity index (χ2n) is 29.2. The lowest BCUT2D eigenvalue weighted by atomic mass is 9.84. The molecule has 0 fully saturated rings. The van der Waals surface area contributed by atoms with Gasteiger partial charge in [-0.15, -0.1) is 0 Å². The van der Waals surface area contributed by atoms with Gasteiger partial charge in [-0.1, -0.05) is 180 Å². The van der Waals surface area contributed by atoms with Crippen molar-refractivity contribution in [1.29, 1.82) is 0 Å². The van der Waals surface area contributed by atoms with Gasteiger partial charge >= 0.3 is 35.8 Å². The van der Waals surface area contributed by atoms with Crippen LogP contribution in [0, 0.1) is 10.7 Å². The van der Waals surface area contributed by atoms with E-state index < -0.39 is 35.8 Å². The van der Waals surface area contributed by atoms with Crippen LogP contribution < -0.4 is 14.2 Å². The highest BCUT2D eigenvalue weighted by atomic mass is 127. The van der Waals surface area contributed by atoms with E-state index in [0.29, 0.717) is 114 Å². The van der Waals surface area contributed by atoms with Gasteiger partial charge in [0.2, 0.25) is 0 Å². The lowest BCUT2D eigenvalue weighted by Crippen LogP contribution is -2.18. The van der Waals surface area contributed by atoms with Gasteiger partial charge in [-0.05, 0) is 328 Å². The number of benzene rings is 15. The average Bonchev–Trinajstić information content (AvgIpc) is 0.974. The predicted octanol–water partition coefficient (Wildman–Crippen LogP) is 27.9. The number of aromatic carboxylic acids is 6. The minimum atomic E-state index is -0.985. The van der Waals surface area contributed by atoms with Crippen molar-refractivity contribution in [2.45, 2.75) is 37.0 Å². The molecule has 21 nitrogen and oxygen atoms in total. The zero-order valence-corrected chi connectivity index (χ0v) is 84.5. The first kappa shape index (κ1) is 97.2. The van der Waals surface area contributed by atoms with Crippen LogP contribution in [-0.2, 0) is 0 Å². The van der Waals surface area contributed by atoms with Crippen molar-refractivity contribution in [1.82, 2.24) is 0 Å². The molecule has 0 amide bonds. The fourth-order valence-electron chi connectivity index (χ4n) is 15.7. The summed E-state index contributed by atoms with van der Waals surface area (Å²) in [4.78, 5) is 68.8. The topological polar surface area (TPSA) is 373 Å². The maximum absolute atomic E-state index is 11.6. The van der Waals surface area contributed by atoms with E-state index in [1.165, 1.54) is 0 Å². The first-order valence-electron chi connectivity index (χ1n) is 39.1. The Morgan fingerprint density at radius 2 is 0.662 bits per heavy atom. The van der Waals surface area contributed by atoms with E-state index in [9.17, 15) is 90.0 Å². The monoisotopic (exact) mass is 2530 g/mol. The predicted molar refractivity (Wildman–Crippen MR) is 546 cm³/mol. The molecule has 3 aliphatic heterocycles. The third-order valence-corrected chi connectivity index (χ3v) is 29.4. The molecule has 0 aliphatic carbocycles. The molecule has 660 valence electrons. The second-order valence-corrected chi connectivity index (χ2v) is 38.3. The number of hydrogen-bond donors (Lipinski definition) is 12. The summed E-state index contributed by atoms with van der Waals surface area (Å²) in [6, 6.07) is 72.5. The molecule has 0 saturated carbocycles. The quantitative estimate of drug-likeness (QED) is 0.0506. The third kappa shape index (κ3) is 20.9. The largest absolute Gasteiger partial charge is 0.508 e. The molecule has 12 N–H and O–H groups in total. The molecule has 0 radical (unpaired) electrons. The van der Waals surface area contributed by atoms with Crippen LogP contribution in [0.5, 0.6) is 51.7 Å². The highest BCUT2D eigenvalue weighted by Gasteiger charge is 2.34. The molecule has 0 saturated heterocycles.